The Labute approximate surface area is 125 Å². The molecule has 0 saturated carbocycles. The topological polar surface area (TPSA) is 57.6 Å². The highest BCUT2D eigenvalue weighted by Crippen LogP contribution is 2.40. The van der Waals surface area contributed by atoms with Gasteiger partial charge in [-0.25, -0.2) is 8.42 Å². The van der Waals surface area contributed by atoms with Crippen molar-refractivity contribution in [3.63, 3.8) is 0 Å². The number of hydrogen-bond donors (Lipinski definition) is 1. The van der Waals surface area contributed by atoms with Crippen LogP contribution in [0.3, 0.4) is 0 Å². The summed E-state index contributed by atoms with van der Waals surface area (Å²) < 4.78 is 27.3. The molecule has 20 heavy (non-hydrogen) atoms. The molecule has 0 atom stereocenters. The molecule has 2 heterocycles. The lowest BCUT2D eigenvalue weighted by molar-refractivity contribution is 0.277. The summed E-state index contributed by atoms with van der Waals surface area (Å²) in [7, 11) is -3.48. The molecule has 114 valence electrons. The van der Waals surface area contributed by atoms with Crippen molar-refractivity contribution in [1.82, 2.24) is 4.31 Å². The monoisotopic (exact) mass is 317 g/mol. The molecule has 1 aliphatic rings. The van der Waals surface area contributed by atoms with E-state index in [1.165, 1.54) is 11.3 Å². The first-order chi connectivity index (χ1) is 9.40. The molecule has 6 heteroatoms. The number of sulfonamides is 1. The predicted molar refractivity (Wildman–Crippen MR) is 81.4 cm³/mol. The van der Waals surface area contributed by atoms with Crippen molar-refractivity contribution < 1.29 is 13.5 Å². The fourth-order valence-electron chi connectivity index (χ4n) is 3.00. The molecule has 0 aromatic carbocycles. The second-order valence-corrected chi connectivity index (χ2v) is 8.46. The highest BCUT2D eigenvalue weighted by molar-refractivity contribution is 7.89. The average Bonchev–Trinajstić information content (AvgIpc) is 3.03. The van der Waals surface area contributed by atoms with E-state index in [4.69, 9.17) is 0 Å². The molecule has 0 amide bonds. The van der Waals surface area contributed by atoms with E-state index < -0.39 is 10.0 Å². The third kappa shape index (κ3) is 2.54. The van der Waals surface area contributed by atoms with Crippen LogP contribution < -0.4 is 0 Å². The summed E-state index contributed by atoms with van der Waals surface area (Å²) in [5.74, 6) is 0. The Balaban J connectivity index is 2.35. The molecule has 0 spiro atoms. The molecule has 0 aliphatic carbocycles. The lowest BCUT2D eigenvalue weighted by Crippen LogP contribution is -2.32. The van der Waals surface area contributed by atoms with Crippen molar-refractivity contribution in [1.29, 1.82) is 0 Å². The predicted octanol–water partition coefficient (Wildman–Crippen LogP) is 2.75. The van der Waals surface area contributed by atoms with Gasteiger partial charge in [0.15, 0.2) is 0 Å². The highest BCUT2D eigenvalue weighted by Gasteiger charge is 2.41. The quantitative estimate of drug-likeness (QED) is 0.908. The van der Waals surface area contributed by atoms with Gasteiger partial charge >= 0.3 is 0 Å². The maximum absolute atomic E-state index is 12.8. The molecule has 2 rings (SSSR count). The van der Waals surface area contributed by atoms with Crippen LogP contribution in [0.5, 0.6) is 0 Å². The van der Waals surface area contributed by atoms with Crippen LogP contribution in [0.15, 0.2) is 10.3 Å². The molecular weight excluding hydrogens is 294 g/mol. The number of aryl methyl sites for hydroxylation is 1. The van der Waals surface area contributed by atoms with Gasteiger partial charge in [-0.3, -0.25) is 0 Å². The summed E-state index contributed by atoms with van der Waals surface area (Å²) in [6, 6.07) is 0. The van der Waals surface area contributed by atoms with Crippen LogP contribution in [-0.2, 0) is 16.6 Å². The molecular formula is C14H23NO3S2. The summed E-state index contributed by atoms with van der Waals surface area (Å²) in [5.41, 5.74) is 0.862. The van der Waals surface area contributed by atoms with Gasteiger partial charge in [0.1, 0.15) is 4.90 Å². The maximum Gasteiger partial charge on any atom is 0.244 e. The van der Waals surface area contributed by atoms with Crippen LogP contribution in [0.1, 0.15) is 43.6 Å². The lowest BCUT2D eigenvalue weighted by Gasteiger charge is -2.26. The second kappa shape index (κ2) is 5.75. The van der Waals surface area contributed by atoms with Crippen LogP contribution in [0.4, 0.5) is 0 Å². The number of aliphatic hydroxyl groups is 1. The van der Waals surface area contributed by atoms with Crippen molar-refractivity contribution >= 4 is 21.4 Å². The Morgan fingerprint density at radius 1 is 1.40 bits per heavy atom. The van der Waals surface area contributed by atoms with E-state index in [1.54, 1.807) is 16.6 Å². The van der Waals surface area contributed by atoms with Gasteiger partial charge in [0.2, 0.25) is 10.0 Å². The molecule has 0 radical (unpaired) electrons. The number of hydrogen-bond acceptors (Lipinski definition) is 4. The highest BCUT2D eigenvalue weighted by atomic mass is 32.2. The first kappa shape index (κ1) is 15.9. The summed E-state index contributed by atoms with van der Waals surface area (Å²) in [6.07, 6.45) is 2.94. The molecule has 1 aromatic rings. The number of nitrogens with zero attached hydrogens (tertiary/aromatic N) is 1. The van der Waals surface area contributed by atoms with Crippen molar-refractivity contribution in [2.24, 2.45) is 5.41 Å². The molecule has 1 N–H and O–H groups in total. The van der Waals surface area contributed by atoms with Gasteiger partial charge in [0, 0.05) is 13.1 Å². The van der Waals surface area contributed by atoms with Crippen molar-refractivity contribution in [3.8, 4) is 0 Å². The largest absolute Gasteiger partial charge is 0.391 e. The smallest absolute Gasteiger partial charge is 0.244 e. The summed E-state index contributed by atoms with van der Waals surface area (Å²) in [5, 5.41) is 11.2. The fourth-order valence-corrected chi connectivity index (χ4v) is 6.16. The lowest BCUT2D eigenvalue weighted by atomic mass is 9.82. The first-order valence-corrected chi connectivity index (χ1v) is 9.40. The van der Waals surface area contributed by atoms with E-state index in [0.717, 1.165) is 24.8 Å². The Bertz CT molecular complexity index is 573. The zero-order valence-electron chi connectivity index (χ0n) is 12.3. The minimum absolute atomic E-state index is 0.121. The average molecular weight is 317 g/mol. The number of rotatable bonds is 5. The summed E-state index contributed by atoms with van der Waals surface area (Å²) >= 11 is 1.32. The minimum Gasteiger partial charge on any atom is -0.391 e. The Hall–Kier alpha value is -0.430. The molecule has 1 aliphatic heterocycles. The van der Waals surface area contributed by atoms with Gasteiger partial charge in [-0.2, -0.15) is 4.31 Å². The van der Waals surface area contributed by atoms with E-state index in [1.807, 2.05) is 0 Å². The van der Waals surface area contributed by atoms with Crippen molar-refractivity contribution in [3.05, 3.63) is 15.8 Å². The van der Waals surface area contributed by atoms with Crippen molar-refractivity contribution in [2.45, 2.75) is 51.5 Å². The van der Waals surface area contributed by atoms with E-state index in [0.29, 0.717) is 22.9 Å². The van der Waals surface area contributed by atoms with E-state index in [-0.39, 0.29) is 12.0 Å². The standard InChI is InChI=1S/C14H23NO3S2/c1-4-14(5-2)6-7-15(10-14)20(17,18)13-11(3)9-19-12(13)8-16/h9,16H,4-8,10H2,1-3H3. The first-order valence-electron chi connectivity index (χ1n) is 7.08. The molecule has 0 bridgehead atoms. The summed E-state index contributed by atoms with van der Waals surface area (Å²) in [4.78, 5) is 0.876. The van der Waals surface area contributed by atoms with Gasteiger partial charge in [0.05, 0.1) is 11.5 Å². The normalized spacial score (nSPS) is 19.6. The fraction of sp³-hybridized carbons (Fsp3) is 0.714. The van der Waals surface area contributed by atoms with E-state index in [9.17, 15) is 13.5 Å². The van der Waals surface area contributed by atoms with E-state index in [2.05, 4.69) is 13.8 Å². The zero-order valence-corrected chi connectivity index (χ0v) is 14.0. The Kier molecular flexibility index (Phi) is 4.59. The van der Waals surface area contributed by atoms with Crippen LogP contribution in [0.2, 0.25) is 0 Å². The van der Waals surface area contributed by atoms with Crippen LogP contribution >= 0.6 is 11.3 Å². The maximum atomic E-state index is 12.8. The van der Waals surface area contributed by atoms with Crippen LogP contribution in [-0.4, -0.2) is 30.9 Å². The van der Waals surface area contributed by atoms with Gasteiger partial charge in [-0.15, -0.1) is 11.3 Å². The van der Waals surface area contributed by atoms with Crippen LogP contribution in [0.25, 0.3) is 0 Å². The van der Waals surface area contributed by atoms with Gasteiger partial charge < -0.3 is 5.11 Å². The van der Waals surface area contributed by atoms with Gasteiger partial charge in [-0.1, -0.05) is 13.8 Å². The summed E-state index contributed by atoms with van der Waals surface area (Å²) in [6.45, 7) is 7.04. The Morgan fingerprint density at radius 2 is 2.05 bits per heavy atom. The molecule has 0 unspecified atom stereocenters. The van der Waals surface area contributed by atoms with Crippen LogP contribution in [0, 0.1) is 12.3 Å². The van der Waals surface area contributed by atoms with Crippen molar-refractivity contribution in [2.75, 3.05) is 13.1 Å². The van der Waals surface area contributed by atoms with Gasteiger partial charge in [-0.05, 0) is 42.5 Å². The number of thiophene rings is 1. The molecule has 1 aromatic heterocycles. The Morgan fingerprint density at radius 3 is 2.55 bits per heavy atom. The zero-order chi connectivity index (χ0) is 15.0. The third-order valence-electron chi connectivity index (χ3n) is 4.63. The van der Waals surface area contributed by atoms with E-state index >= 15 is 0 Å². The minimum atomic E-state index is -3.48. The number of aliphatic hydroxyl groups excluding tert-OH is 1. The third-order valence-corrected chi connectivity index (χ3v) is 7.93. The molecule has 4 nitrogen and oxygen atoms in total. The second-order valence-electron chi connectivity index (χ2n) is 5.62. The molecule has 1 saturated heterocycles. The van der Waals surface area contributed by atoms with Gasteiger partial charge in [0.25, 0.3) is 0 Å². The SMILES string of the molecule is CCC1(CC)CCN(S(=O)(=O)c2c(C)csc2CO)C1. The molecule has 1 fully saturated rings.